The second kappa shape index (κ2) is 5.55. The maximum atomic E-state index is 5.96. The Labute approximate surface area is 127 Å². The van der Waals surface area contributed by atoms with Crippen LogP contribution in [0.5, 0.6) is 0 Å². The van der Waals surface area contributed by atoms with E-state index in [1.807, 2.05) is 29.1 Å². The molecule has 0 aliphatic rings. The van der Waals surface area contributed by atoms with E-state index in [0.29, 0.717) is 5.02 Å². The number of aromatic nitrogens is 2. The summed E-state index contributed by atoms with van der Waals surface area (Å²) in [4.78, 5) is 0. The van der Waals surface area contributed by atoms with E-state index in [1.54, 1.807) is 0 Å². The summed E-state index contributed by atoms with van der Waals surface area (Å²) in [7, 11) is 0. The van der Waals surface area contributed by atoms with E-state index < -0.39 is 0 Å². The number of halogens is 2. The van der Waals surface area contributed by atoms with Gasteiger partial charge in [-0.1, -0.05) is 11.6 Å². The van der Waals surface area contributed by atoms with E-state index in [2.05, 4.69) is 53.3 Å². The van der Waals surface area contributed by atoms with E-state index in [4.69, 9.17) is 11.6 Å². The van der Waals surface area contributed by atoms with Gasteiger partial charge in [-0.3, -0.25) is 4.68 Å². The van der Waals surface area contributed by atoms with Gasteiger partial charge in [-0.25, -0.2) is 0 Å². The first-order chi connectivity index (χ1) is 8.86. The first kappa shape index (κ1) is 14.4. The SMILES string of the molecule is CC(C)(C)n1cc(CNc2ccc(Cl)c(Br)c2)cn1. The van der Waals surface area contributed by atoms with Gasteiger partial charge in [0.15, 0.2) is 0 Å². The summed E-state index contributed by atoms with van der Waals surface area (Å²) in [6, 6.07) is 5.80. The lowest BCUT2D eigenvalue weighted by Gasteiger charge is -2.18. The second-order valence-corrected chi connectivity index (χ2v) is 6.71. The molecule has 0 bridgehead atoms. The highest BCUT2D eigenvalue weighted by molar-refractivity contribution is 9.10. The molecular weight excluding hydrogens is 326 g/mol. The molecule has 0 unspecified atom stereocenters. The number of hydrogen-bond donors (Lipinski definition) is 1. The summed E-state index contributed by atoms with van der Waals surface area (Å²) in [6.45, 7) is 7.14. The van der Waals surface area contributed by atoms with Crippen LogP contribution in [0, 0.1) is 0 Å². The van der Waals surface area contributed by atoms with Crippen LogP contribution in [-0.4, -0.2) is 9.78 Å². The van der Waals surface area contributed by atoms with Crippen LogP contribution in [0.2, 0.25) is 5.02 Å². The van der Waals surface area contributed by atoms with Crippen molar-refractivity contribution >= 4 is 33.2 Å². The largest absolute Gasteiger partial charge is 0.381 e. The monoisotopic (exact) mass is 341 g/mol. The Hall–Kier alpha value is -1.00. The predicted octanol–water partition coefficient (Wildman–Crippen LogP) is 4.67. The predicted molar refractivity (Wildman–Crippen MR) is 83.7 cm³/mol. The minimum Gasteiger partial charge on any atom is -0.381 e. The molecule has 0 aliphatic heterocycles. The van der Waals surface area contributed by atoms with Crippen molar-refractivity contribution < 1.29 is 0 Å². The van der Waals surface area contributed by atoms with Gasteiger partial charge < -0.3 is 5.32 Å². The average molecular weight is 343 g/mol. The first-order valence-electron chi connectivity index (χ1n) is 6.09. The van der Waals surface area contributed by atoms with Crippen molar-refractivity contribution in [1.29, 1.82) is 0 Å². The van der Waals surface area contributed by atoms with Gasteiger partial charge in [-0.15, -0.1) is 0 Å². The quantitative estimate of drug-likeness (QED) is 0.878. The van der Waals surface area contributed by atoms with Crippen LogP contribution in [0.25, 0.3) is 0 Å². The summed E-state index contributed by atoms with van der Waals surface area (Å²) in [5, 5.41) is 8.44. The third-order valence-electron chi connectivity index (χ3n) is 2.74. The Kier molecular flexibility index (Phi) is 4.21. The van der Waals surface area contributed by atoms with Crippen LogP contribution in [0.1, 0.15) is 26.3 Å². The molecule has 1 aromatic carbocycles. The van der Waals surface area contributed by atoms with Gasteiger partial charge in [0.25, 0.3) is 0 Å². The molecule has 0 radical (unpaired) electrons. The van der Waals surface area contributed by atoms with Crippen molar-refractivity contribution in [3.63, 3.8) is 0 Å². The number of nitrogens with zero attached hydrogens (tertiary/aromatic N) is 2. The van der Waals surface area contributed by atoms with Crippen LogP contribution in [-0.2, 0) is 12.1 Å². The average Bonchev–Trinajstić information content (AvgIpc) is 2.79. The Morgan fingerprint density at radius 2 is 2.11 bits per heavy atom. The molecule has 1 N–H and O–H groups in total. The molecule has 0 amide bonds. The molecule has 1 aromatic heterocycles. The minimum atomic E-state index is 0.0154. The molecule has 0 fully saturated rings. The van der Waals surface area contributed by atoms with E-state index in [-0.39, 0.29) is 5.54 Å². The Balaban J connectivity index is 2.02. The third-order valence-corrected chi connectivity index (χ3v) is 3.95. The van der Waals surface area contributed by atoms with Crippen molar-refractivity contribution in [1.82, 2.24) is 9.78 Å². The van der Waals surface area contributed by atoms with Crippen LogP contribution < -0.4 is 5.32 Å². The molecule has 19 heavy (non-hydrogen) atoms. The van der Waals surface area contributed by atoms with Gasteiger partial charge in [0, 0.05) is 28.5 Å². The normalized spacial score (nSPS) is 11.6. The maximum absolute atomic E-state index is 5.96. The van der Waals surface area contributed by atoms with Gasteiger partial charge in [0.1, 0.15) is 0 Å². The second-order valence-electron chi connectivity index (χ2n) is 5.45. The zero-order valence-electron chi connectivity index (χ0n) is 11.2. The Morgan fingerprint density at radius 3 is 2.68 bits per heavy atom. The fraction of sp³-hybridized carbons (Fsp3) is 0.357. The van der Waals surface area contributed by atoms with Gasteiger partial charge in [-0.2, -0.15) is 5.10 Å². The topological polar surface area (TPSA) is 29.9 Å². The molecular formula is C14H17BrClN3. The van der Waals surface area contributed by atoms with Crippen LogP contribution in [0.15, 0.2) is 35.1 Å². The number of rotatable bonds is 3. The van der Waals surface area contributed by atoms with E-state index in [9.17, 15) is 0 Å². The fourth-order valence-electron chi connectivity index (χ4n) is 1.63. The third kappa shape index (κ3) is 3.74. The number of hydrogen-bond acceptors (Lipinski definition) is 2. The number of nitrogens with one attached hydrogen (secondary N) is 1. The van der Waals surface area contributed by atoms with Gasteiger partial charge >= 0.3 is 0 Å². The highest BCUT2D eigenvalue weighted by Crippen LogP contribution is 2.25. The van der Waals surface area contributed by atoms with E-state index in [1.165, 1.54) is 0 Å². The molecule has 0 atom stereocenters. The van der Waals surface area contributed by atoms with Crippen molar-refractivity contribution in [2.24, 2.45) is 0 Å². The molecule has 0 spiro atoms. The van der Waals surface area contributed by atoms with Crippen molar-refractivity contribution in [2.45, 2.75) is 32.9 Å². The summed E-state index contributed by atoms with van der Waals surface area (Å²) in [6.07, 6.45) is 3.96. The van der Waals surface area contributed by atoms with E-state index in [0.717, 1.165) is 22.3 Å². The Morgan fingerprint density at radius 1 is 1.37 bits per heavy atom. The lowest BCUT2D eigenvalue weighted by molar-refractivity contribution is 0.355. The first-order valence-corrected chi connectivity index (χ1v) is 7.26. The lowest BCUT2D eigenvalue weighted by Crippen LogP contribution is -2.21. The number of anilines is 1. The Bertz CT molecular complexity index is 572. The fourth-order valence-corrected chi connectivity index (χ4v) is 2.12. The summed E-state index contributed by atoms with van der Waals surface area (Å²) < 4.78 is 2.87. The van der Waals surface area contributed by atoms with E-state index >= 15 is 0 Å². The standard InChI is InChI=1S/C14H17BrClN3/c1-14(2,3)19-9-10(8-18-19)7-17-11-4-5-13(16)12(15)6-11/h4-6,8-9,17H,7H2,1-3H3. The summed E-state index contributed by atoms with van der Waals surface area (Å²) in [5.41, 5.74) is 2.20. The molecule has 5 heteroatoms. The molecule has 2 rings (SSSR count). The maximum Gasteiger partial charge on any atom is 0.0549 e. The molecule has 3 nitrogen and oxygen atoms in total. The molecule has 2 aromatic rings. The minimum absolute atomic E-state index is 0.0154. The van der Waals surface area contributed by atoms with Gasteiger partial charge in [0.05, 0.1) is 16.8 Å². The molecule has 102 valence electrons. The smallest absolute Gasteiger partial charge is 0.0549 e. The zero-order chi connectivity index (χ0) is 14.0. The van der Waals surface area contributed by atoms with Crippen LogP contribution >= 0.6 is 27.5 Å². The van der Waals surface area contributed by atoms with Crippen molar-refractivity contribution in [2.75, 3.05) is 5.32 Å². The van der Waals surface area contributed by atoms with Gasteiger partial charge in [0.2, 0.25) is 0 Å². The zero-order valence-corrected chi connectivity index (χ0v) is 13.6. The molecule has 0 aliphatic carbocycles. The van der Waals surface area contributed by atoms with Crippen LogP contribution in [0.3, 0.4) is 0 Å². The summed E-state index contributed by atoms with van der Waals surface area (Å²) >= 11 is 9.38. The number of benzene rings is 1. The van der Waals surface area contributed by atoms with Crippen LogP contribution in [0.4, 0.5) is 5.69 Å². The molecule has 1 heterocycles. The highest BCUT2D eigenvalue weighted by Gasteiger charge is 2.13. The van der Waals surface area contributed by atoms with Gasteiger partial charge in [-0.05, 0) is 54.9 Å². The van der Waals surface area contributed by atoms with Crippen molar-refractivity contribution in [3.05, 3.63) is 45.7 Å². The van der Waals surface area contributed by atoms with Crippen molar-refractivity contribution in [3.8, 4) is 0 Å². The molecule has 0 saturated carbocycles. The lowest BCUT2D eigenvalue weighted by atomic mass is 10.1. The molecule has 0 saturated heterocycles. The summed E-state index contributed by atoms with van der Waals surface area (Å²) in [5.74, 6) is 0. The highest BCUT2D eigenvalue weighted by atomic mass is 79.9.